The second-order valence-corrected chi connectivity index (χ2v) is 6.45. The predicted octanol–water partition coefficient (Wildman–Crippen LogP) is 2.71. The molecule has 0 spiro atoms. The Hall–Kier alpha value is -1.55. The molecule has 0 fully saturated rings. The van der Waals surface area contributed by atoms with E-state index in [1.165, 1.54) is 0 Å². The van der Waals surface area contributed by atoms with Crippen molar-refractivity contribution in [2.24, 2.45) is 0 Å². The fourth-order valence-corrected chi connectivity index (χ4v) is 2.69. The zero-order valence-corrected chi connectivity index (χ0v) is 14.8. The molecule has 0 saturated heterocycles. The Labute approximate surface area is 147 Å². The van der Waals surface area contributed by atoms with Gasteiger partial charge < -0.3 is 10.2 Å². The van der Waals surface area contributed by atoms with Gasteiger partial charge in [-0.3, -0.25) is 4.79 Å². The van der Waals surface area contributed by atoms with Crippen LogP contribution in [0, 0.1) is 0 Å². The van der Waals surface area contributed by atoms with E-state index in [-0.39, 0.29) is 11.9 Å². The van der Waals surface area contributed by atoms with Crippen molar-refractivity contribution in [1.29, 1.82) is 0 Å². The average molecular weight is 352 g/mol. The highest BCUT2D eigenvalue weighted by Crippen LogP contribution is 2.24. The second-order valence-electron chi connectivity index (χ2n) is 5.66. The van der Waals surface area contributed by atoms with Gasteiger partial charge in [0.05, 0.1) is 17.1 Å². The van der Waals surface area contributed by atoms with Crippen LogP contribution >= 0.6 is 23.2 Å². The number of rotatable bonds is 6. The van der Waals surface area contributed by atoms with Crippen LogP contribution in [-0.4, -0.2) is 19.0 Å². The summed E-state index contributed by atoms with van der Waals surface area (Å²) in [5, 5.41) is 4.07. The number of halogens is 2. The normalized spacial score (nSPS) is 13.4. The molecule has 0 aliphatic carbocycles. The van der Waals surface area contributed by atoms with Gasteiger partial charge >= 0.3 is 0 Å². The monoisotopic (exact) mass is 351 g/mol. The van der Waals surface area contributed by atoms with Crippen LogP contribution in [0.4, 0.5) is 0 Å². The lowest BCUT2D eigenvalue weighted by Gasteiger charge is -2.21. The van der Waals surface area contributed by atoms with E-state index in [9.17, 15) is 4.79 Å². The van der Waals surface area contributed by atoms with Crippen LogP contribution in [0.5, 0.6) is 0 Å². The van der Waals surface area contributed by atoms with Crippen LogP contribution < -0.4 is 10.2 Å². The van der Waals surface area contributed by atoms with Crippen molar-refractivity contribution < 1.29 is 9.69 Å². The Bertz CT molecular complexity index is 661. The Morgan fingerprint density at radius 1 is 1.13 bits per heavy atom. The second kappa shape index (κ2) is 8.34. The summed E-state index contributed by atoms with van der Waals surface area (Å²) in [5.74, 6) is 0.0181. The zero-order valence-electron chi connectivity index (χ0n) is 13.3. The summed E-state index contributed by atoms with van der Waals surface area (Å²) in [4.78, 5) is 13.4. The molecule has 2 aromatic rings. The van der Waals surface area contributed by atoms with Gasteiger partial charge in [-0.15, -0.1) is 0 Å². The highest BCUT2D eigenvalue weighted by atomic mass is 35.5. The van der Waals surface area contributed by atoms with Crippen molar-refractivity contribution in [2.75, 3.05) is 7.05 Å². The van der Waals surface area contributed by atoms with Crippen LogP contribution in [0.1, 0.15) is 18.1 Å². The summed E-state index contributed by atoms with van der Waals surface area (Å²) < 4.78 is 0. The Morgan fingerprint density at radius 3 is 2.52 bits per heavy atom. The molecular formula is C18H21Cl2N2O+. The first kappa shape index (κ1) is 17.8. The molecule has 2 rings (SSSR count). The van der Waals surface area contributed by atoms with Gasteiger partial charge in [0.15, 0.2) is 6.04 Å². The molecule has 23 heavy (non-hydrogen) atoms. The summed E-state index contributed by atoms with van der Waals surface area (Å²) in [6.07, 6.45) is 0. The summed E-state index contributed by atoms with van der Waals surface area (Å²) >= 11 is 12.3. The van der Waals surface area contributed by atoms with Gasteiger partial charge in [0, 0.05) is 12.1 Å². The largest absolute Gasteiger partial charge is 0.347 e. The molecule has 3 nitrogen and oxygen atoms in total. The quantitative estimate of drug-likeness (QED) is 0.824. The van der Waals surface area contributed by atoms with E-state index < -0.39 is 0 Å². The first-order chi connectivity index (χ1) is 11.0. The van der Waals surface area contributed by atoms with Crippen LogP contribution in [0.2, 0.25) is 10.0 Å². The fraction of sp³-hybridized carbons (Fsp3) is 0.278. The van der Waals surface area contributed by atoms with Crippen molar-refractivity contribution in [3.05, 3.63) is 69.7 Å². The summed E-state index contributed by atoms with van der Waals surface area (Å²) in [7, 11) is 1.98. The fourth-order valence-electron chi connectivity index (χ4n) is 2.30. The number of carbonyl (C=O) groups is 1. The zero-order chi connectivity index (χ0) is 16.8. The van der Waals surface area contributed by atoms with E-state index in [4.69, 9.17) is 23.2 Å². The first-order valence-electron chi connectivity index (χ1n) is 7.56. The maximum Gasteiger partial charge on any atom is 0.278 e. The Kier molecular flexibility index (Phi) is 6.46. The maximum atomic E-state index is 12.3. The standard InChI is InChI=1S/C18H20Cl2N2O/c1-13(18(23)21-11-14-7-4-3-5-8-14)22(2)12-15-9-6-10-16(19)17(15)20/h3-10,13H,11-12H2,1-2H3,(H,21,23)/p+1/t13-/m0/s1. The van der Waals surface area contributed by atoms with Crippen molar-refractivity contribution in [1.82, 2.24) is 5.32 Å². The summed E-state index contributed by atoms with van der Waals surface area (Å²) in [5.41, 5.74) is 2.03. The molecule has 2 atom stereocenters. The lowest BCUT2D eigenvalue weighted by Crippen LogP contribution is -3.12. The van der Waals surface area contributed by atoms with Gasteiger partial charge in [-0.1, -0.05) is 65.7 Å². The average Bonchev–Trinajstić information content (AvgIpc) is 2.57. The molecule has 0 radical (unpaired) electrons. The number of nitrogens with one attached hydrogen (secondary N) is 2. The van der Waals surface area contributed by atoms with E-state index in [0.717, 1.165) is 16.0 Å². The molecule has 1 amide bonds. The molecule has 0 saturated carbocycles. The minimum Gasteiger partial charge on any atom is -0.347 e. The van der Waals surface area contributed by atoms with Gasteiger partial charge in [-0.05, 0) is 18.6 Å². The third-order valence-corrected chi connectivity index (χ3v) is 4.80. The highest BCUT2D eigenvalue weighted by molar-refractivity contribution is 6.42. The number of quaternary nitrogens is 1. The lowest BCUT2D eigenvalue weighted by atomic mass is 10.1. The first-order valence-corrected chi connectivity index (χ1v) is 8.31. The minimum absolute atomic E-state index is 0.0181. The topological polar surface area (TPSA) is 33.5 Å². The van der Waals surface area contributed by atoms with Crippen molar-refractivity contribution >= 4 is 29.1 Å². The molecule has 1 unspecified atom stereocenters. The van der Waals surface area contributed by atoms with E-state index in [0.29, 0.717) is 23.1 Å². The van der Waals surface area contributed by atoms with Gasteiger partial charge in [0.2, 0.25) is 0 Å². The molecule has 0 heterocycles. The third-order valence-electron chi connectivity index (χ3n) is 3.94. The van der Waals surface area contributed by atoms with Crippen molar-refractivity contribution in [3.8, 4) is 0 Å². The summed E-state index contributed by atoms with van der Waals surface area (Å²) in [6.45, 7) is 3.09. The molecule has 0 aromatic heterocycles. The predicted molar refractivity (Wildman–Crippen MR) is 94.8 cm³/mol. The van der Waals surface area contributed by atoms with Crippen LogP contribution in [0.15, 0.2) is 48.5 Å². The molecule has 2 aromatic carbocycles. The number of amides is 1. The molecule has 5 heteroatoms. The van der Waals surface area contributed by atoms with E-state index >= 15 is 0 Å². The van der Waals surface area contributed by atoms with E-state index in [2.05, 4.69) is 5.32 Å². The van der Waals surface area contributed by atoms with Crippen LogP contribution in [0.25, 0.3) is 0 Å². The summed E-state index contributed by atoms with van der Waals surface area (Å²) in [6, 6.07) is 15.3. The van der Waals surface area contributed by atoms with Crippen molar-refractivity contribution in [3.63, 3.8) is 0 Å². The van der Waals surface area contributed by atoms with E-state index in [1.807, 2.05) is 56.4 Å². The van der Waals surface area contributed by atoms with Crippen LogP contribution in [0.3, 0.4) is 0 Å². The van der Waals surface area contributed by atoms with Gasteiger partial charge in [0.1, 0.15) is 6.54 Å². The molecule has 122 valence electrons. The van der Waals surface area contributed by atoms with Gasteiger partial charge in [-0.2, -0.15) is 0 Å². The smallest absolute Gasteiger partial charge is 0.278 e. The lowest BCUT2D eigenvalue weighted by molar-refractivity contribution is -0.908. The number of carbonyl (C=O) groups excluding carboxylic acids is 1. The number of hydrogen-bond donors (Lipinski definition) is 2. The molecule has 0 bridgehead atoms. The third kappa shape index (κ3) is 4.96. The Balaban J connectivity index is 1.92. The number of likely N-dealkylation sites (N-methyl/N-ethyl adjacent to an activating group) is 1. The number of benzene rings is 2. The van der Waals surface area contributed by atoms with Gasteiger partial charge in [0.25, 0.3) is 5.91 Å². The molecule has 2 N–H and O–H groups in total. The van der Waals surface area contributed by atoms with Crippen molar-refractivity contribution in [2.45, 2.75) is 26.1 Å². The van der Waals surface area contributed by atoms with E-state index in [1.54, 1.807) is 6.07 Å². The molecule has 0 aliphatic heterocycles. The maximum absolute atomic E-state index is 12.3. The SMILES string of the molecule is C[C@@H](C(=O)NCc1ccccc1)[NH+](C)Cc1cccc(Cl)c1Cl. The Morgan fingerprint density at radius 2 is 1.83 bits per heavy atom. The highest BCUT2D eigenvalue weighted by Gasteiger charge is 2.22. The molecule has 0 aliphatic rings. The van der Waals surface area contributed by atoms with Crippen LogP contribution in [-0.2, 0) is 17.9 Å². The minimum atomic E-state index is -0.186. The number of hydrogen-bond acceptors (Lipinski definition) is 1. The molecular weight excluding hydrogens is 331 g/mol. The van der Waals surface area contributed by atoms with Gasteiger partial charge in [-0.25, -0.2) is 0 Å².